The first kappa shape index (κ1) is 16.8. The maximum absolute atomic E-state index is 13.1. The van der Waals surface area contributed by atoms with Gasteiger partial charge in [0.1, 0.15) is 6.04 Å². The summed E-state index contributed by atoms with van der Waals surface area (Å²) in [5.41, 5.74) is 3.51. The van der Waals surface area contributed by atoms with E-state index in [4.69, 9.17) is 0 Å². The monoisotopic (exact) mass is 314 g/mol. The number of nitrogens with one attached hydrogen (secondary N) is 1. The Hall–Kier alpha value is -1.56. The molecule has 3 nitrogen and oxygen atoms in total. The molecule has 1 N–H and O–H groups in total. The number of halogens is 3. The third-order valence-electron chi connectivity index (χ3n) is 3.89. The molecule has 0 saturated carbocycles. The van der Waals surface area contributed by atoms with E-state index < -0.39 is 12.2 Å². The number of benzene rings is 1. The van der Waals surface area contributed by atoms with Crippen molar-refractivity contribution >= 4 is 5.91 Å². The molecule has 1 saturated heterocycles. The lowest BCUT2D eigenvalue weighted by Gasteiger charge is -2.28. The summed E-state index contributed by atoms with van der Waals surface area (Å²) in [5.74, 6) is -0.335. The van der Waals surface area contributed by atoms with Gasteiger partial charge in [0.15, 0.2) is 0 Å². The Morgan fingerprint density at radius 2 is 1.86 bits per heavy atom. The van der Waals surface area contributed by atoms with Crippen molar-refractivity contribution < 1.29 is 18.0 Å². The fourth-order valence-corrected chi connectivity index (χ4v) is 2.71. The van der Waals surface area contributed by atoms with Crippen molar-refractivity contribution in [1.82, 2.24) is 10.4 Å². The van der Waals surface area contributed by atoms with Crippen molar-refractivity contribution in [2.24, 2.45) is 0 Å². The number of aryl methyl sites for hydroxylation is 1. The Balaban J connectivity index is 1.73. The molecule has 0 radical (unpaired) electrons. The van der Waals surface area contributed by atoms with Gasteiger partial charge in [-0.3, -0.25) is 10.2 Å². The lowest BCUT2D eigenvalue weighted by atomic mass is 10.0. The van der Waals surface area contributed by atoms with E-state index >= 15 is 0 Å². The van der Waals surface area contributed by atoms with E-state index in [9.17, 15) is 18.0 Å². The molecule has 1 amide bonds. The van der Waals surface area contributed by atoms with Gasteiger partial charge in [-0.15, -0.1) is 0 Å². The second-order valence-corrected chi connectivity index (χ2v) is 5.62. The molecule has 0 bridgehead atoms. The van der Waals surface area contributed by atoms with Crippen LogP contribution < -0.4 is 5.43 Å². The van der Waals surface area contributed by atoms with Gasteiger partial charge in [-0.2, -0.15) is 13.2 Å². The number of amides is 1. The van der Waals surface area contributed by atoms with Crippen LogP contribution in [0.15, 0.2) is 30.3 Å². The van der Waals surface area contributed by atoms with Gasteiger partial charge < -0.3 is 0 Å². The summed E-state index contributed by atoms with van der Waals surface area (Å²) in [4.78, 5) is 11.1. The fourth-order valence-electron chi connectivity index (χ4n) is 2.71. The standard InChI is InChI=1S/C16H21F3N2O/c17-16(18,19)14(21-12-11-15(22)20-21)10-6-2-5-9-13-7-3-1-4-8-13/h1,3-4,7-8,14H,2,5-6,9-12H2,(H,20,22). The molecule has 1 unspecified atom stereocenters. The smallest absolute Gasteiger partial charge is 0.288 e. The predicted molar refractivity (Wildman–Crippen MR) is 77.9 cm³/mol. The van der Waals surface area contributed by atoms with Crippen LogP contribution in [0.2, 0.25) is 0 Å². The lowest BCUT2D eigenvalue weighted by molar-refractivity contribution is -0.190. The van der Waals surface area contributed by atoms with Crippen LogP contribution in [-0.4, -0.2) is 29.7 Å². The summed E-state index contributed by atoms with van der Waals surface area (Å²) in [6.07, 6.45) is -1.12. The fraction of sp³-hybridized carbons (Fsp3) is 0.562. The molecule has 1 aromatic rings. The zero-order valence-corrected chi connectivity index (χ0v) is 12.4. The number of hydrazine groups is 1. The number of carbonyl (C=O) groups excluding carboxylic acids is 1. The zero-order chi connectivity index (χ0) is 16.0. The topological polar surface area (TPSA) is 32.3 Å². The molecule has 1 aliphatic heterocycles. The second-order valence-electron chi connectivity index (χ2n) is 5.62. The normalized spacial score (nSPS) is 17.5. The maximum atomic E-state index is 13.1. The van der Waals surface area contributed by atoms with E-state index in [0.29, 0.717) is 6.42 Å². The van der Waals surface area contributed by atoms with Gasteiger partial charge in [-0.25, -0.2) is 5.01 Å². The highest BCUT2D eigenvalue weighted by atomic mass is 19.4. The Morgan fingerprint density at radius 3 is 2.45 bits per heavy atom. The van der Waals surface area contributed by atoms with E-state index in [2.05, 4.69) is 5.43 Å². The van der Waals surface area contributed by atoms with Crippen LogP contribution >= 0.6 is 0 Å². The van der Waals surface area contributed by atoms with E-state index in [1.54, 1.807) is 0 Å². The van der Waals surface area contributed by atoms with Crippen LogP contribution in [0.5, 0.6) is 0 Å². The predicted octanol–water partition coefficient (Wildman–Crippen LogP) is 3.46. The molecule has 122 valence electrons. The van der Waals surface area contributed by atoms with Crippen molar-refractivity contribution in [3.63, 3.8) is 0 Å². The molecule has 1 fully saturated rings. The minimum absolute atomic E-state index is 0.0264. The first-order valence-corrected chi connectivity index (χ1v) is 7.63. The third kappa shape index (κ3) is 5.02. The number of nitrogens with zero attached hydrogens (tertiary/aromatic N) is 1. The Kier molecular flexibility index (Phi) is 5.83. The minimum atomic E-state index is -4.31. The Bertz CT molecular complexity index is 476. The van der Waals surface area contributed by atoms with Gasteiger partial charge in [-0.1, -0.05) is 43.2 Å². The molecule has 6 heteroatoms. The van der Waals surface area contributed by atoms with E-state index in [1.807, 2.05) is 30.3 Å². The number of alkyl halides is 3. The maximum Gasteiger partial charge on any atom is 0.405 e. The van der Waals surface area contributed by atoms with Gasteiger partial charge in [0.25, 0.3) is 0 Å². The van der Waals surface area contributed by atoms with Crippen molar-refractivity contribution in [3.05, 3.63) is 35.9 Å². The summed E-state index contributed by atoms with van der Waals surface area (Å²) < 4.78 is 39.2. The first-order chi connectivity index (χ1) is 10.5. The van der Waals surface area contributed by atoms with E-state index in [-0.39, 0.29) is 25.3 Å². The molecular formula is C16H21F3N2O. The van der Waals surface area contributed by atoms with E-state index in [0.717, 1.165) is 24.3 Å². The Morgan fingerprint density at radius 1 is 1.14 bits per heavy atom. The Labute approximate surface area is 128 Å². The molecule has 1 heterocycles. The minimum Gasteiger partial charge on any atom is -0.288 e. The van der Waals surface area contributed by atoms with Gasteiger partial charge in [-0.05, 0) is 24.8 Å². The molecule has 1 atom stereocenters. The summed E-state index contributed by atoms with van der Waals surface area (Å²) >= 11 is 0. The van der Waals surface area contributed by atoms with Crippen LogP contribution in [0.4, 0.5) is 13.2 Å². The molecule has 0 spiro atoms. The summed E-state index contributed by atoms with van der Waals surface area (Å²) in [6.45, 7) is 0.132. The molecule has 1 aliphatic rings. The molecule has 0 aromatic heterocycles. The van der Waals surface area contributed by atoms with Gasteiger partial charge >= 0.3 is 6.18 Å². The van der Waals surface area contributed by atoms with Crippen LogP contribution in [0.25, 0.3) is 0 Å². The molecule has 0 aliphatic carbocycles. The molecule has 2 rings (SSSR count). The SMILES string of the molecule is O=C1CCN(C(CCCCCc2ccccc2)C(F)(F)F)N1. The summed E-state index contributed by atoms with van der Waals surface area (Å²) in [7, 11) is 0. The third-order valence-corrected chi connectivity index (χ3v) is 3.89. The van der Waals surface area contributed by atoms with Crippen molar-refractivity contribution in [1.29, 1.82) is 0 Å². The number of hydrogen-bond acceptors (Lipinski definition) is 2. The zero-order valence-electron chi connectivity index (χ0n) is 12.4. The van der Waals surface area contributed by atoms with Gasteiger partial charge in [0.05, 0.1) is 0 Å². The van der Waals surface area contributed by atoms with Crippen molar-refractivity contribution in [2.45, 2.75) is 50.7 Å². The van der Waals surface area contributed by atoms with Crippen LogP contribution in [0.3, 0.4) is 0 Å². The van der Waals surface area contributed by atoms with Crippen LogP contribution in [0.1, 0.15) is 37.7 Å². The lowest BCUT2D eigenvalue weighted by Crippen LogP contribution is -2.49. The van der Waals surface area contributed by atoms with Crippen molar-refractivity contribution in [3.8, 4) is 0 Å². The van der Waals surface area contributed by atoms with Crippen molar-refractivity contribution in [2.75, 3.05) is 6.54 Å². The van der Waals surface area contributed by atoms with Crippen LogP contribution in [-0.2, 0) is 11.2 Å². The highest BCUT2D eigenvalue weighted by molar-refractivity contribution is 5.77. The number of rotatable bonds is 7. The molecular weight excluding hydrogens is 293 g/mol. The molecule has 22 heavy (non-hydrogen) atoms. The number of carbonyl (C=O) groups is 1. The van der Waals surface area contributed by atoms with E-state index in [1.165, 1.54) is 5.56 Å². The average Bonchev–Trinajstić information content (AvgIpc) is 2.88. The average molecular weight is 314 g/mol. The quantitative estimate of drug-likeness (QED) is 0.782. The summed E-state index contributed by atoms with van der Waals surface area (Å²) in [6, 6.07) is 8.35. The summed E-state index contributed by atoms with van der Waals surface area (Å²) in [5, 5.41) is 1.04. The van der Waals surface area contributed by atoms with Gasteiger partial charge in [0, 0.05) is 13.0 Å². The number of unbranched alkanes of at least 4 members (excludes halogenated alkanes) is 2. The second kappa shape index (κ2) is 7.63. The molecule has 1 aromatic carbocycles. The first-order valence-electron chi connectivity index (χ1n) is 7.63. The van der Waals surface area contributed by atoms with Gasteiger partial charge in [0.2, 0.25) is 5.91 Å². The number of hydrogen-bond donors (Lipinski definition) is 1. The largest absolute Gasteiger partial charge is 0.405 e. The van der Waals surface area contributed by atoms with Crippen LogP contribution in [0, 0.1) is 0 Å². The highest BCUT2D eigenvalue weighted by Gasteiger charge is 2.45. The highest BCUT2D eigenvalue weighted by Crippen LogP contribution is 2.29.